The highest BCUT2D eigenvalue weighted by Gasteiger charge is 2.14. The Balaban J connectivity index is 2.57. The van der Waals surface area contributed by atoms with Crippen LogP contribution < -0.4 is 5.32 Å². The van der Waals surface area contributed by atoms with Crippen LogP contribution in [0.2, 0.25) is 0 Å². The van der Waals surface area contributed by atoms with Crippen molar-refractivity contribution >= 4 is 0 Å². The van der Waals surface area contributed by atoms with E-state index in [4.69, 9.17) is 9.47 Å². The topological polar surface area (TPSA) is 30.5 Å². The van der Waals surface area contributed by atoms with Crippen molar-refractivity contribution in [3.63, 3.8) is 0 Å². The van der Waals surface area contributed by atoms with Crippen LogP contribution in [0, 0.1) is 13.8 Å². The van der Waals surface area contributed by atoms with Crippen molar-refractivity contribution < 1.29 is 9.47 Å². The molecule has 96 valence electrons. The molecule has 0 bridgehead atoms. The molecule has 1 atom stereocenters. The summed E-state index contributed by atoms with van der Waals surface area (Å²) in [5.41, 5.74) is 3.92. The molecule has 0 aromatic heterocycles. The van der Waals surface area contributed by atoms with E-state index >= 15 is 0 Å². The van der Waals surface area contributed by atoms with Gasteiger partial charge in [-0.3, -0.25) is 0 Å². The van der Waals surface area contributed by atoms with Crippen LogP contribution in [0.3, 0.4) is 0 Å². The van der Waals surface area contributed by atoms with Gasteiger partial charge >= 0.3 is 0 Å². The van der Waals surface area contributed by atoms with Gasteiger partial charge in [-0.25, -0.2) is 0 Å². The van der Waals surface area contributed by atoms with Gasteiger partial charge in [-0.1, -0.05) is 23.8 Å². The van der Waals surface area contributed by atoms with Gasteiger partial charge in [0.15, 0.2) is 6.29 Å². The van der Waals surface area contributed by atoms with Gasteiger partial charge in [0.25, 0.3) is 0 Å². The molecule has 0 heterocycles. The Kier molecular flexibility index (Phi) is 5.62. The second-order valence-corrected chi connectivity index (χ2v) is 4.44. The highest BCUT2D eigenvalue weighted by Crippen LogP contribution is 2.11. The van der Waals surface area contributed by atoms with Crippen LogP contribution in [-0.4, -0.2) is 26.6 Å². The van der Waals surface area contributed by atoms with E-state index in [1.54, 1.807) is 14.2 Å². The largest absolute Gasteiger partial charge is 0.354 e. The first-order chi connectivity index (χ1) is 8.08. The molecule has 3 heteroatoms. The van der Waals surface area contributed by atoms with Crippen LogP contribution in [0.15, 0.2) is 18.2 Å². The number of benzene rings is 1. The van der Waals surface area contributed by atoms with Gasteiger partial charge in [0, 0.05) is 20.8 Å². The summed E-state index contributed by atoms with van der Waals surface area (Å²) in [4.78, 5) is 0. The van der Waals surface area contributed by atoms with E-state index in [2.05, 4.69) is 44.3 Å². The SMILES string of the molecule is COC(OC)C(C)NCc1cc(C)ccc1C. The lowest BCUT2D eigenvalue weighted by molar-refractivity contribution is -0.119. The number of ether oxygens (including phenoxy) is 2. The molecule has 0 amide bonds. The van der Waals surface area contributed by atoms with E-state index in [1.807, 2.05) is 0 Å². The molecule has 0 radical (unpaired) electrons. The van der Waals surface area contributed by atoms with E-state index in [0.29, 0.717) is 0 Å². The van der Waals surface area contributed by atoms with Gasteiger partial charge in [-0.15, -0.1) is 0 Å². The molecule has 3 nitrogen and oxygen atoms in total. The number of rotatable bonds is 6. The van der Waals surface area contributed by atoms with Gasteiger partial charge in [-0.05, 0) is 31.9 Å². The van der Waals surface area contributed by atoms with Gasteiger partial charge < -0.3 is 14.8 Å². The Hall–Kier alpha value is -0.900. The van der Waals surface area contributed by atoms with E-state index in [9.17, 15) is 0 Å². The fourth-order valence-corrected chi connectivity index (χ4v) is 1.86. The first-order valence-electron chi connectivity index (χ1n) is 5.93. The average Bonchev–Trinajstić information content (AvgIpc) is 2.32. The smallest absolute Gasteiger partial charge is 0.171 e. The zero-order valence-electron chi connectivity index (χ0n) is 11.4. The minimum atomic E-state index is -0.208. The Morgan fingerprint density at radius 3 is 2.41 bits per heavy atom. The van der Waals surface area contributed by atoms with Crippen LogP contribution in [0.5, 0.6) is 0 Å². The second-order valence-electron chi connectivity index (χ2n) is 4.44. The second kappa shape index (κ2) is 6.74. The molecule has 17 heavy (non-hydrogen) atoms. The molecule has 0 aliphatic carbocycles. The van der Waals surface area contributed by atoms with Crippen molar-refractivity contribution in [3.8, 4) is 0 Å². The van der Waals surface area contributed by atoms with Gasteiger partial charge in [0.2, 0.25) is 0 Å². The maximum absolute atomic E-state index is 5.22. The Morgan fingerprint density at radius 2 is 1.82 bits per heavy atom. The molecule has 0 aliphatic heterocycles. The molecule has 0 aliphatic rings. The van der Waals surface area contributed by atoms with Crippen LogP contribution in [-0.2, 0) is 16.0 Å². The maximum atomic E-state index is 5.22. The average molecular weight is 237 g/mol. The maximum Gasteiger partial charge on any atom is 0.171 e. The van der Waals surface area contributed by atoms with E-state index < -0.39 is 0 Å². The molecule has 0 saturated heterocycles. The standard InChI is InChI=1S/C14H23NO2/c1-10-6-7-11(2)13(8-10)9-15-12(3)14(16-4)17-5/h6-8,12,14-15H,9H2,1-5H3. The third-order valence-electron chi connectivity index (χ3n) is 2.99. The van der Waals surface area contributed by atoms with Crippen molar-refractivity contribution in [2.24, 2.45) is 0 Å². The van der Waals surface area contributed by atoms with Gasteiger partial charge in [0.05, 0.1) is 6.04 Å². The number of hydrogen-bond acceptors (Lipinski definition) is 3. The Labute approximate surface area is 104 Å². The summed E-state index contributed by atoms with van der Waals surface area (Å²) < 4.78 is 10.4. The first-order valence-corrected chi connectivity index (χ1v) is 5.93. The summed E-state index contributed by atoms with van der Waals surface area (Å²) in [5.74, 6) is 0. The molecule has 1 aromatic carbocycles. The molecule has 0 fully saturated rings. The third kappa shape index (κ3) is 4.11. The third-order valence-corrected chi connectivity index (χ3v) is 2.99. The normalized spacial score (nSPS) is 13.1. The predicted octanol–water partition coefficient (Wildman–Crippen LogP) is 2.40. The quantitative estimate of drug-likeness (QED) is 0.771. The monoisotopic (exact) mass is 237 g/mol. The summed E-state index contributed by atoms with van der Waals surface area (Å²) in [7, 11) is 3.31. The van der Waals surface area contributed by atoms with Crippen molar-refractivity contribution in [2.75, 3.05) is 14.2 Å². The molecule has 0 spiro atoms. The van der Waals surface area contributed by atoms with E-state index in [-0.39, 0.29) is 12.3 Å². The number of methoxy groups -OCH3 is 2. The molecule has 0 saturated carbocycles. The van der Waals surface area contributed by atoms with E-state index in [1.165, 1.54) is 16.7 Å². The number of nitrogens with one attached hydrogen (secondary N) is 1. The summed E-state index contributed by atoms with van der Waals surface area (Å²) in [6, 6.07) is 6.66. The lowest BCUT2D eigenvalue weighted by atomic mass is 10.1. The molecule has 1 aromatic rings. The fourth-order valence-electron chi connectivity index (χ4n) is 1.86. The Morgan fingerprint density at radius 1 is 1.18 bits per heavy atom. The van der Waals surface area contributed by atoms with Crippen molar-refractivity contribution in [3.05, 3.63) is 34.9 Å². The van der Waals surface area contributed by atoms with Gasteiger partial charge in [0.1, 0.15) is 0 Å². The molecular formula is C14H23NO2. The Bertz CT molecular complexity index is 348. The summed E-state index contributed by atoms with van der Waals surface area (Å²) >= 11 is 0. The summed E-state index contributed by atoms with van der Waals surface area (Å²) in [5, 5.41) is 3.42. The van der Waals surface area contributed by atoms with Gasteiger partial charge in [-0.2, -0.15) is 0 Å². The molecule has 1 rings (SSSR count). The first kappa shape index (κ1) is 14.2. The highest BCUT2D eigenvalue weighted by atomic mass is 16.7. The summed E-state index contributed by atoms with van der Waals surface area (Å²) in [6.07, 6.45) is -0.208. The number of aryl methyl sites for hydroxylation is 2. The molecule has 1 unspecified atom stereocenters. The fraction of sp³-hybridized carbons (Fsp3) is 0.571. The minimum Gasteiger partial charge on any atom is -0.354 e. The van der Waals surface area contributed by atoms with Crippen LogP contribution in [0.1, 0.15) is 23.6 Å². The highest BCUT2D eigenvalue weighted by molar-refractivity contribution is 5.30. The minimum absolute atomic E-state index is 0.157. The zero-order valence-corrected chi connectivity index (χ0v) is 11.4. The zero-order chi connectivity index (χ0) is 12.8. The van der Waals surface area contributed by atoms with Crippen molar-refractivity contribution in [2.45, 2.75) is 39.6 Å². The van der Waals surface area contributed by atoms with E-state index in [0.717, 1.165) is 6.54 Å². The van der Waals surface area contributed by atoms with Crippen molar-refractivity contribution in [1.82, 2.24) is 5.32 Å². The summed E-state index contributed by atoms with van der Waals surface area (Å²) in [6.45, 7) is 7.13. The van der Waals surface area contributed by atoms with Crippen LogP contribution in [0.25, 0.3) is 0 Å². The predicted molar refractivity (Wildman–Crippen MR) is 70.0 cm³/mol. The number of hydrogen-bond donors (Lipinski definition) is 1. The van der Waals surface area contributed by atoms with Crippen molar-refractivity contribution in [1.29, 1.82) is 0 Å². The lowest BCUT2D eigenvalue weighted by Crippen LogP contribution is -2.39. The molecule has 1 N–H and O–H groups in total. The van der Waals surface area contributed by atoms with Crippen LogP contribution >= 0.6 is 0 Å². The lowest BCUT2D eigenvalue weighted by Gasteiger charge is -2.22. The van der Waals surface area contributed by atoms with Crippen LogP contribution in [0.4, 0.5) is 0 Å². The molecular weight excluding hydrogens is 214 g/mol.